The van der Waals surface area contributed by atoms with Crippen LogP contribution >= 0.6 is 0 Å². The molecule has 1 heterocycles. The molecule has 1 aliphatic rings. The van der Waals surface area contributed by atoms with E-state index < -0.39 is 17.6 Å². The molecule has 0 saturated heterocycles. The second-order valence-corrected chi connectivity index (χ2v) is 7.80. The fourth-order valence-corrected chi connectivity index (χ4v) is 3.55. The minimum atomic E-state index is -4.47. The number of rotatable bonds is 5. The lowest BCUT2D eigenvalue weighted by molar-refractivity contribution is -0.137. The van der Waals surface area contributed by atoms with Gasteiger partial charge in [-0.3, -0.25) is 4.79 Å². The van der Waals surface area contributed by atoms with Gasteiger partial charge in [-0.05, 0) is 50.8 Å². The Morgan fingerprint density at radius 1 is 1.07 bits per heavy atom. The van der Waals surface area contributed by atoms with Crippen molar-refractivity contribution < 1.29 is 18.0 Å². The summed E-state index contributed by atoms with van der Waals surface area (Å²) in [7, 11) is 3.84. The third-order valence-electron chi connectivity index (χ3n) is 5.15. The molecule has 0 atom stereocenters. The first kappa shape index (κ1) is 21.9. The van der Waals surface area contributed by atoms with E-state index in [9.17, 15) is 18.0 Å². The van der Waals surface area contributed by atoms with Gasteiger partial charge in [-0.25, -0.2) is 9.97 Å². The van der Waals surface area contributed by atoms with Crippen molar-refractivity contribution in [2.24, 2.45) is 0 Å². The quantitative estimate of drug-likeness (QED) is 0.763. The van der Waals surface area contributed by atoms with Crippen LogP contribution in [-0.4, -0.2) is 42.1 Å². The number of halogens is 3. The van der Waals surface area contributed by atoms with E-state index in [0.29, 0.717) is 5.82 Å². The van der Waals surface area contributed by atoms with Gasteiger partial charge in [0.1, 0.15) is 17.5 Å². The first-order valence-corrected chi connectivity index (χ1v) is 9.89. The maximum absolute atomic E-state index is 12.9. The van der Waals surface area contributed by atoms with Gasteiger partial charge in [0.15, 0.2) is 0 Å². The summed E-state index contributed by atoms with van der Waals surface area (Å²) >= 11 is 0. The van der Waals surface area contributed by atoms with E-state index in [2.05, 4.69) is 20.6 Å². The zero-order valence-electron chi connectivity index (χ0n) is 17.3. The largest absolute Gasteiger partial charge is 0.416 e. The van der Waals surface area contributed by atoms with Crippen LogP contribution in [-0.2, 0) is 6.18 Å². The summed E-state index contributed by atoms with van der Waals surface area (Å²) in [6.07, 6.45) is -1.33. The third-order valence-corrected chi connectivity index (χ3v) is 5.15. The number of alkyl halides is 3. The van der Waals surface area contributed by atoms with Gasteiger partial charge >= 0.3 is 6.18 Å². The van der Waals surface area contributed by atoms with E-state index in [1.54, 1.807) is 0 Å². The van der Waals surface area contributed by atoms with Crippen LogP contribution in [0.5, 0.6) is 0 Å². The zero-order valence-corrected chi connectivity index (χ0v) is 17.3. The molecule has 2 N–H and O–H groups in total. The van der Waals surface area contributed by atoms with Crippen molar-refractivity contribution in [3.8, 4) is 0 Å². The molecule has 1 amide bonds. The Balaban J connectivity index is 1.54. The Kier molecular flexibility index (Phi) is 6.48. The minimum Gasteiger partial charge on any atom is -0.367 e. The molecule has 162 valence electrons. The van der Waals surface area contributed by atoms with Gasteiger partial charge in [0.2, 0.25) is 0 Å². The number of aryl methyl sites for hydroxylation is 1. The molecule has 6 nitrogen and oxygen atoms in total. The molecule has 3 rings (SSSR count). The predicted molar refractivity (Wildman–Crippen MR) is 110 cm³/mol. The number of carbonyl (C=O) groups excluding carboxylic acids is 1. The van der Waals surface area contributed by atoms with E-state index >= 15 is 0 Å². The Morgan fingerprint density at radius 2 is 1.73 bits per heavy atom. The number of carbonyl (C=O) groups is 1. The number of nitrogens with one attached hydrogen (secondary N) is 2. The number of benzene rings is 1. The monoisotopic (exact) mass is 421 g/mol. The molecule has 1 fully saturated rings. The number of amides is 1. The Labute approximate surface area is 173 Å². The van der Waals surface area contributed by atoms with Crippen molar-refractivity contribution in [1.29, 1.82) is 0 Å². The summed E-state index contributed by atoms with van der Waals surface area (Å²) in [4.78, 5) is 23.1. The van der Waals surface area contributed by atoms with Gasteiger partial charge in [0.25, 0.3) is 5.91 Å². The fourth-order valence-electron chi connectivity index (χ4n) is 3.55. The molecule has 2 aromatic rings. The highest BCUT2D eigenvalue weighted by Crippen LogP contribution is 2.30. The third kappa shape index (κ3) is 5.61. The molecule has 0 bridgehead atoms. The standard InChI is InChI=1S/C21H26F3N5O/c1-13-25-18(12-19(26-13)29(2)3)27-16-7-9-17(10-8-16)28-20(30)14-5-4-6-15(11-14)21(22,23)24/h4-6,11-12,16-17H,7-10H2,1-3H3,(H,28,30)(H,25,26,27). The van der Waals surface area contributed by atoms with Crippen LogP contribution in [0.3, 0.4) is 0 Å². The van der Waals surface area contributed by atoms with Crippen molar-refractivity contribution in [3.05, 3.63) is 47.3 Å². The molecule has 0 unspecified atom stereocenters. The Morgan fingerprint density at radius 3 is 2.37 bits per heavy atom. The van der Waals surface area contributed by atoms with Crippen LogP contribution in [0.15, 0.2) is 30.3 Å². The first-order chi connectivity index (χ1) is 14.1. The average Bonchev–Trinajstić information content (AvgIpc) is 2.68. The maximum atomic E-state index is 12.9. The lowest BCUT2D eigenvalue weighted by Crippen LogP contribution is -2.40. The van der Waals surface area contributed by atoms with Gasteiger partial charge < -0.3 is 15.5 Å². The van der Waals surface area contributed by atoms with Crippen LogP contribution < -0.4 is 15.5 Å². The van der Waals surface area contributed by atoms with Gasteiger partial charge in [-0.1, -0.05) is 6.07 Å². The molecule has 1 aromatic carbocycles. The van der Waals surface area contributed by atoms with Gasteiger partial charge in [-0.15, -0.1) is 0 Å². The minimum absolute atomic E-state index is 0.0257. The summed E-state index contributed by atoms with van der Waals surface area (Å²) in [5.74, 6) is 1.81. The predicted octanol–water partition coefficient (Wildman–Crippen LogP) is 4.02. The van der Waals surface area contributed by atoms with E-state index in [0.717, 1.165) is 49.5 Å². The molecule has 1 aromatic heterocycles. The van der Waals surface area contributed by atoms with E-state index in [-0.39, 0.29) is 17.6 Å². The number of anilines is 2. The summed E-state index contributed by atoms with van der Waals surface area (Å²) in [6, 6.07) is 6.56. The molecule has 1 saturated carbocycles. The maximum Gasteiger partial charge on any atom is 0.416 e. The van der Waals surface area contributed by atoms with Crippen LogP contribution in [0.25, 0.3) is 0 Å². The van der Waals surface area contributed by atoms with E-state index in [4.69, 9.17) is 0 Å². The zero-order chi connectivity index (χ0) is 21.9. The molecular weight excluding hydrogens is 395 g/mol. The molecule has 0 radical (unpaired) electrons. The summed E-state index contributed by atoms with van der Waals surface area (Å²) in [5.41, 5.74) is -0.793. The van der Waals surface area contributed by atoms with Gasteiger partial charge in [0.05, 0.1) is 5.56 Å². The molecule has 1 aliphatic carbocycles. The summed E-state index contributed by atoms with van der Waals surface area (Å²) < 4.78 is 38.6. The highest BCUT2D eigenvalue weighted by molar-refractivity contribution is 5.94. The highest BCUT2D eigenvalue weighted by atomic mass is 19.4. The van der Waals surface area contributed by atoms with Gasteiger partial charge in [-0.2, -0.15) is 13.2 Å². The van der Waals surface area contributed by atoms with E-state index in [1.807, 2.05) is 32.0 Å². The molecular formula is C21H26F3N5O. The van der Waals surface area contributed by atoms with Gasteiger partial charge in [0, 0.05) is 37.8 Å². The van der Waals surface area contributed by atoms with Crippen LogP contribution in [0.2, 0.25) is 0 Å². The summed E-state index contributed by atoms with van der Waals surface area (Å²) in [6.45, 7) is 1.85. The van der Waals surface area contributed by atoms with Crippen LogP contribution in [0, 0.1) is 6.92 Å². The van der Waals surface area contributed by atoms with E-state index in [1.165, 1.54) is 12.1 Å². The Hall–Kier alpha value is -2.84. The second kappa shape index (κ2) is 8.89. The molecule has 30 heavy (non-hydrogen) atoms. The number of hydrogen-bond donors (Lipinski definition) is 2. The normalized spacial score (nSPS) is 19.3. The van der Waals surface area contributed by atoms with Crippen molar-refractivity contribution in [2.45, 2.75) is 50.9 Å². The molecule has 9 heteroatoms. The van der Waals surface area contributed by atoms with Crippen LogP contribution in [0.1, 0.15) is 47.4 Å². The Bertz CT molecular complexity index is 892. The smallest absolute Gasteiger partial charge is 0.367 e. The molecule has 0 aliphatic heterocycles. The highest BCUT2D eigenvalue weighted by Gasteiger charge is 2.31. The van der Waals surface area contributed by atoms with Crippen molar-refractivity contribution in [3.63, 3.8) is 0 Å². The molecule has 0 spiro atoms. The number of hydrogen-bond acceptors (Lipinski definition) is 5. The lowest BCUT2D eigenvalue weighted by Gasteiger charge is -2.30. The first-order valence-electron chi connectivity index (χ1n) is 9.89. The lowest BCUT2D eigenvalue weighted by atomic mass is 9.91. The SMILES string of the molecule is Cc1nc(NC2CCC(NC(=O)c3cccc(C(F)(F)F)c3)CC2)cc(N(C)C)n1. The summed E-state index contributed by atoms with van der Waals surface area (Å²) in [5, 5.41) is 6.30. The average molecular weight is 421 g/mol. The van der Waals surface area contributed by atoms with Crippen molar-refractivity contribution >= 4 is 17.5 Å². The second-order valence-electron chi connectivity index (χ2n) is 7.80. The number of nitrogens with zero attached hydrogens (tertiary/aromatic N) is 3. The van der Waals surface area contributed by atoms with Crippen molar-refractivity contribution in [1.82, 2.24) is 15.3 Å². The fraction of sp³-hybridized carbons (Fsp3) is 0.476. The van der Waals surface area contributed by atoms with Crippen LogP contribution in [0.4, 0.5) is 24.8 Å². The number of aromatic nitrogens is 2. The van der Waals surface area contributed by atoms with Crippen molar-refractivity contribution in [2.75, 3.05) is 24.3 Å². The topological polar surface area (TPSA) is 70.2 Å².